The first-order valence-electron chi connectivity index (χ1n) is 3.45. The first-order chi connectivity index (χ1) is 6.60. The normalized spacial score (nSPS) is 8.43. The Hall–Kier alpha value is -1.13. The maximum Gasteiger partial charge on any atom is 0.339 e. The van der Waals surface area contributed by atoms with Crippen molar-refractivity contribution < 1.29 is 19.3 Å². The number of alkyl halides is 1. The third-order valence-electron chi connectivity index (χ3n) is 1.02. The number of carbonyl (C=O) groups is 1. The van der Waals surface area contributed by atoms with Crippen molar-refractivity contribution in [1.29, 1.82) is 0 Å². The second-order valence-electron chi connectivity index (χ2n) is 2.10. The van der Waals surface area contributed by atoms with Crippen LogP contribution in [0.4, 0.5) is 0 Å². The SMILES string of the molecule is O=C(CCl)OCl.Oc1cccc(O)c1. The van der Waals surface area contributed by atoms with Crippen LogP contribution in [0.5, 0.6) is 11.5 Å². The molecule has 0 heterocycles. The molecule has 0 aliphatic heterocycles. The average Bonchev–Trinajstić information content (AvgIpc) is 2.17. The predicted octanol–water partition coefficient (Wildman–Crippen LogP) is 2.02. The Kier molecular flexibility index (Phi) is 6.70. The number of benzene rings is 1. The van der Waals surface area contributed by atoms with Crippen molar-refractivity contribution in [3.63, 3.8) is 0 Å². The van der Waals surface area contributed by atoms with Crippen molar-refractivity contribution in [2.45, 2.75) is 0 Å². The van der Waals surface area contributed by atoms with Crippen LogP contribution in [0.1, 0.15) is 0 Å². The van der Waals surface area contributed by atoms with E-state index in [0.29, 0.717) is 0 Å². The summed E-state index contributed by atoms with van der Waals surface area (Å²) in [7, 11) is 0. The molecule has 0 aliphatic carbocycles. The van der Waals surface area contributed by atoms with Gasteiger partial charge in [-0.1, -0.05) is 6.07 Å². The van der Waals surface area contributed by atoms with Crippen LogP contribution < -0.4 is 0 Å². The number of hydrogen-bond acceptors (Lipinski definition) is 4. The lowest BCUT2D eigenvalue weighted by Crippen LogP contribution is -1.95. The zero-order chi connectivity index (χ0) is 11.0. The number of carbonyl (C=O) groups excluding carboxylic acids is 1. The molecule has 0 unspecified atom stereocenters. The molecule has 1 aromatic rings. The summed E-state index contributed by atoms with van der Waals surface area (Å²) in [5.41, 5.74) is 0. The molecule has 0 aliphatic rings. The number of hydrogen-bond donors (Lipinski definition) is 2. The zero-order valence-electron chi connectivity index (χ0n) is 6.98. The summed E-state index contributed by atoms with van der Waals surface area (Å²) >= 11 is 9.41. The van der Waals surface area contributed by atoms with Gasteiger partial charge in [-0.25, -0.2) is 4.79 Å². The van der Waals surface area contributed by atoms with Crippen LogP contribution in [-0.4, -0.2) is 22.1 Å². The fourth-order valence-electron chi connectivity index (χ4n) is 0.514. The highest BCUT2D eigenvalue weighted by Crippen LogP contribution is 2.14. The van der Waals surface area contributed by atoms with Gasteiger partial charge in [0.2, 0.25) is 0 Å². The molecule has 14 heavy (non-hydrogen) atoms. The second-order valence-corrected chi connectivity index (χ2v) is 2.52. The predicted molar refractivity (Wildman–Crippen MR) is 52.4 cm³/mol. The summed E-state index contributed by atoms with van der Waals surface area (Å²) in [5.74, 6) is -0.642. The summed E-state index contributed by atoms with van der Waals surface area (Å²) in [6.45, 7) is 0. The quantitative estimate of drug-likeness (QED) is 0.735. The topological polar surface area (TPSA) is 66.8 Å². The molecule has 1 aromatic carbocycles. The number of phenols is 2. The maximum atomic E-state index is 9.69. The van der Waals surface area contributed by atoms with E-state index in [4.69, 9.17) is 21.8 Å². The van der Waals surface area contributed by atoms with Gasteiger partial charge in [0, 0.05) is 6.07 Å². The van der Waals surface area contributed by atoms with Gasteiger partial charge in [-0.05, 0) is 12.1 Å². The Morgan fingerprint density at radius 3 is 2.00 bits per heavy atom. The minimum absolute atomic E-state index is 0.0880. The van der Waals surface area contributed by atoms with Crippen molar-refractivity contribution in [2.24, 2.45) is 0 Å². The lowest BCUT2D eigenvalue weighted by molar-refractivity contribution is -0.131. The van der Waals surface area contributed by atoms with Gasteiger partial charge in [-0.3, -0.25) is 0 Å². The highest BCUT2D eigenvalue weighted by molar-refractivity contribution is 6.28. The van der Waals surface area contributed by atoms with Crippen LogP contribution in [-0.2, 0) is 9.08 Å². The fourth-order valence-corrected chi connectivity index (χ4v) is 0.679. The van der Waals surface area contributed by atoms with Gasteiger partial charge >= 0.3 is 5.97 Å². The van der Waals surface area contributed by atoms with E-state index in [2.05, 4.69) is 16.2 Å². The molecule has 2 N–H and O–H groups in total. The second kappa shape index (κ2) is 7.29. The Morgan fingerprint density at radius 2 is 1.86 bits per heavy atom. The summed E-state index contributed by atoms with van der Waals surface area (Å²) < 4.78 is 3.60. The largest absolute Gasteiger partial charge is 0.508 e. The molecule has 0 saturated heterocycles. The number of halogens is 2. The van der Waals surface area contributed by atoms with Crippen LogP contribution in [0.25, 0.3) is 0 Å². The van der Waals surface area contributed by atoms with Crippen molar-refractivity contribution in [3.05, 3.63) is 24.3 Å². The van der Waals surface area contributed by atoms with Gasteiger partial charge in [0.05, 0.1) is 0 Å². The van der Waals surface area contributed by atoms with Gasteiger partial charge in [0.1, 0.15) is 29.2 Å². The zero-order valence-corrected chi connectivity index (χ0v) is 8.50. The first kappa shape index (κ1) is 12.9. The summed E-state index contributed by atoms with van der Waals surface area (Å²) in [6, 6.07) is 5.85. The highest BCUT2D eigenvalue weighted by atomic mass is 35.5. The minimum atomic E-state index is -0.627. The third-order valence-corrected chi connectivity index (χ3v) is 1.42. The molecule has 78 valence electrons. The van der Waals surface area contributed by atoms with Crippen molar-refractivity contribution >= 4 is 29.4 Å². The Bertz CT molecular complexity index is 267. The van der Waals surface area contributed by atoms with Crippen LogP contribution in [0, 0.1) is 0 Å². The highest BCUT2D eigenvalue weighted by Gasteiger charge is 1.92. The van der Waals surface area contributed by atoms with E-state index in [1.54, 1.807) is 6.07 Å². The van der Waals surface area contributed by atoms with Gasteiger partial charge in [-0.15, -0.1) is 11.6 Å². The van der Waals surface area contributed by atoms with Gasteiger partial charge in [0.25, 0.3) is 0 Å². The number of phenolic OH excluding ortho intramolecular Hbond substituents is 2. The molecule has 1 rings (SSSR count). The van der Waals surface area contributed by atoms with E-state index in [1.165, 1.54) is 18.2 Å². The van der Waals surface area contributed by atoms with Crippen LogP contribution in [0.3, 0.4) is 0 Å². The van der Waals surface area contributed by atoms with E-state index in [9.17, 15) is 4.79 Å². The molecule has 0 aromatic heterocycles. The third kappa shape index (κ3) is 6.39. The standard InChI is InChI=1S/C6H6O2.C2H2Cl2O2/c7-5-2-1-3-6(8)4-5;3-1-2(5)6-4/h1-4,7-8H;1H2. The molecule has 0 fully saturated rings. The lowest BCUT2D eigenvalue weighted by atomic mass is 10.3. The van der Waals surface area contributed by atoms with Gasteiger partial charge in [-0.2, -0.15) is 0 Å². The fraction of sp³-hybridized carbons (Fsp3) is 0.125. The molecule has 0 radical (unpaired) electrons. The summed E-state index contributed by atoms with van der Waals surface area (Å²) in [5, 5.41) is 17.3. The number of rotatable bonds is 1. The monoisotopic (exact) mass is 238 g/mol. The summed E-state index contributed by atoms with van der Waals surface area (Å²) in [4.78, 5) is 9.69. The summed E-state index contributed by atoms with van der Waals surface area (Å²) in [6.07, 6.45) is 0. The van der Waals surface area contributed by atoms with Crippen molar-refractivity contribution in [1.82, 2.24) is 0 Å². The molecular weight excluding hydrogens is 231 g/mol. The molecular formula is C8H8Cl2O4. The molecule has 0 saturated carbocycles. The Morgan fingerprint density at radius 1 is 1.36 bits per heavy atom. The van der Waals surface area contributed by atoms with E-state index in [0.717, 1.165) is 0 Å². The Labute approximate surface area is 90.8 Å². The van der Waals surface area contributed by atoms with Gasteiger partial charge < -0.3 is 14.5 Å². The molecule has 6 heteroatoms. The van der Waals surface area contributed by atoms with Gasteiger partial charge in [0.15, 0.2) is 0 Å². The molecule has 4 nitrogen and oxygen atoms in total. The molecule has 0 amide bonds. The Balaban J connectivity index is 0.000000255. The van der Waals surface area contributed by atoms with E-state index < -0.39 is 5.97 Å². The van der Waals surface area contributed by atoms with E-state index >= 15 is 0 Å². The van der Waals surface area contributed by atoms with Crippen LogP contribution in [0.2, 0.25) is 0 Å². The first-order valence-corrected chi connectivity index (χ1v) is 4.30. The van der Waals surface area contributed by atoms with E-state index in [1.807, 2.05) is 0 Å². The molecule has 0 spiro atoms. The minimum Gasteiger partial charge on any atom is -0.508 e. The molecule has 0 bridgehead atoms. The molecule has 0 atom stereocenters. The smallest absolute Gasteiger partial charge is 0.339 e. The van der Waals surface area contributed by atoms with Crippen molar-refractivity contribution in [3.8, 4) is 11.5 Å². The number of aromatic hydroxyl groups is 2. The maximum absolute atomic E-state index is 9.69. The van der Waals surface area contributed by atoms with Crippen LogP contribution in [0.15, 0.2) is 24.3 Å². The van der Waals surface area contributed by atoms with Crippen LogP contribution >= 0.6 is 23.5 Å². The average molecular weight is 239 g/mol. The lowest BCUT2D eigenvalue weighted by Gasteiger charge is -1.89. The van der Waals surface area contributed by atoms with Crippen molar-refractivity contribution in [2.75, 3.05) is 5.88 Å². The van der Waals surface area contributed by atoms with E-state index in [-0.39, 0.29) is 17.4 Å².